The van der Waals surface area contributed by atoms with Gasteiger partial charge in [-0.3, -0.25) is 0 Å². The highest BCUT2D eigenvalue weighted by Gasteiger charge is 2.63. The van der Waals surface area contributed by atoms with Crippen LogP contribution in [-0.2, 0) is 0 Å². The number of fused-ring (bicyclic) bond motifs is 4. The van der Waals surface area contributed by atoms with Gasteiger partial charge in [-0.2, -0.15) is 0 Å². The Morgan fingerprint density at radius 3 is 1.45 bits per heavy atom. The largest absolute Gasteiger partial charge is 0.411 e. The van der Waals surface area contributed by atoms with E-state index in [-0.39, 0.29) is 11.1 Å². The number of rotatable bonds is 6. The Bertz CT molecular complexity index is 670. The summed E-state index contributed by atoms with van der Waals surface area (Å²) >= 11 is 0. The van der Waals surface area contributed by atoms with Crippen LogP contribution in [0.3, 0.4) is 0 Å². The van der Waals surface area contributed by atoms with E-state index in [1.165, 1.54) is 12.8 Å². The summed E-state index contributed by atoms with van der Waals surface area (Å²) in [6.45, 7) is 15.6. The molecule has 6 fully saturated rings. The zero-order chi connectivity index (χ0) is 21.2. The van der Waals surface area contributed by atoms with Gasteiger partial charge in [-0.05, 0) is 93.5 Å². The van der Waals surface area contributed by atoms with E-state index in [1.807, 2.05) is 0 Å². The van der Waals surface area contributed by atoms with Crippen LogP contribution in [0.1, 0.15) is 73.6 Å². The molecule has 6 aliphatic carbocycles. The summed E-state index contributed by atoms with van der Waals surface area (Å²) in [5.74, 6) is 2.33. The van der Waals surface area contributed by atoms with E-state index in [1.54, 1.807) is 0 Å². The average molecular weight is 405 g/mol. The average Bonchev–Trinajstić information content (AvgIpc) is 2.66. The van der Waals surface area contributed by atoms with Gasteiger partial charge in [0.25, 0.3) is 0 Å². The molecule has 29 heavy (non-hydrogen) atoms. The first kappa shape index (κ1) is 21.1. The van der Waals surface area contributed by atoms with Crippen molar-refractivity contribution in [1.29, 1.82) is 0 Å². The van der Waals surface area contributed by atoms with Crippen molar-refractivity contribution in [2.75, 3.05) is 13.1 Å². The minimum atomic E-state index is -0.220. The highest BCUT2D eigenvalue weighted by molar-refractivity contribution is 5.96. The van der Waals surface area contributed by atoms with E-state index in [0.29, 0.717) is 34.5 Å². The second kappa shape index (κ2) is 6.68. The number of nitrogens with zero attached hydrogens (tertiary/aromatic N) is 2. The van der Waals surface area contributed by atoms with Gasteiger partial charge in [0.15, 0.2) is 0 Å². The van der Waals surface area contributed by atoms with Gasteiger partial charge in [0.05, 0.1) is 22.5 Å². The van der Waals surface area contributed by atoms with Crippen molar-refractivity contribution in [3.05, 3.63) is 0 Å². The van der Waals surface area contributed by atoms with Crippen molar-refractivity contribution in [1.82, 2.24) is 10.6 Å². The Balaban J connectivity index is 1.34. The van der Waals surface area contributed by atoms with Gasteiger partial charge in [0.1, 0.15) is 0 Å². The van der Waals surface area contributed by atoms with Gasteiger partial charge in [-0.1, -0.05) is 38.0 Å². The topological polar surface area (TPSA) is 89.2 Å². The van der Waals surface area contributed by atoms with E-state index >= 15 is 0 Å². The van der Waals surface area contributed by atoms with Crippen LogP contribution in [0.15, 0.2) is 10.3 Å². The Labute approximate surface area is 175 Å². The quantitative estimate of drug-likeness (QED) is 0.307. The molecule has 0 amide bonds. The first-order valence-corrected chi connectivity index (χ1v) is 11.4. The van der Waals surface area contributed by atoms with Gasteiger partial charge >= 0.3 is 0 Å². The summed E-state index contributed by atoms with van der Waals surface area (Å²) in [6.07, 6.45) is 5.22. The van der Waals surface area contributed by atoms with Crippen LogP contribution in [0.2, 0.25) is 0 Å². The van der Waals surface area contributed by atoms with Crippen molar-refractivity contribution in [3.63, 3.8) is 0 Å². The van der Waals surface area contributed by atoms with Crippen molar-refractivity contribution >= 4 is 11.4 Å². The molecule has 0 aromatic heterocycles. The molecule has 6 rings (SSSR count). The number of oxime groups is 2. The van der Waals surface area contributed by atoms with E-state index in [0.717, 1.165) is 43.8 Å². The molecular weight excluding hydrogens is 364 g/mol. The second-order valence-electron chi connectivity index (χ2n) is 11.7. The van der Waals surface area contributed by atoms with Crippen LogP contribution >= 0.6 is 0 Å². The van der Waals surface area contributed by atoms with Crippen LogP contribution in [0.5, 0.6) is 0 Å². The van der Waals surface area contributed by atoms with Crippen LogP contribution in [0, 0.1) is 34.5 Å². The third-order valence-corrected chi connectivity index (χ3v) is 9.99. The molecule has 6 aliphatic rings. The van der Waals surface area contributed by atoms with Crippen LogP contribution in [0.25, 0.3) is 0 Å². The molecule has 0 aromatic carbocycles. The summed E-state index contributed by atoms with van der Waals surface area (Å²) in [6, 6.07) is 0. The van der Waals surface area contributed by atoms with E-state index in [2.05, 4.69) is 62.5 Å². The molecule has 6 nitrogen and oxygen atoms in total. The van der Waals surface area contributed by atoms with Gasteiger partial charge in [0.2, 0.25) is 0 Å². The first-order chi connectivity index (χ1) is 13.5. The third kappa shape index (κ3) is 2.81. The molecule has 0 aromatic rings. The normalized spacial score (nSPS) is 47.0. The maximum atomic E-state index is 9.58. The molecule has 6 heteroatoms. The molecule has 4 bridgehead atoms. The molecule has 0 saturated heterocycles. The van der Waals surface area contributed by atoms with Crippen molar-refractivity contribution < 1.29 is 10.4 Å². The number of hydrogen-bond acceptors (Lipinski definition) is 6. The summed E-state index contributed by atoms with van der Waals surface area (Å²) in [4.78, 5) is 0. The monoisotopic (exact) mass is 404 g/mol. The number of nitrogens with one attached hydrogen (secondary N) is 2. The lowest BCUT2D eigenvalue weighted by molar-refractivity contribution is -0.0750. The van der Waals surface area contributed by atoms with Gasteiger partial charge in [-0.25, -0.2) is 0 Å². The first-order valence-electron chi connectivity index (χ1n) is 11.4. The summed E-state index contributed by atoms with van der Waals surface area (Å²) < 4.78 is 0. The molecule has 0 heterocycles. The molecule has 164 valence electrons. The van der Waals surface area contributed by atoms with Gasteiger partial charge < -0.3 is 21.0 Å². The van der Waals surface area contributed by atoms with E-state index in [4.69, 9.17) is 0 Å². The maximum absolute atomic E-state index is 9.58. The number of hydrogen-bond donors (Lipinski definition) is 4. The summed E-state index contributed by atoms with van der Waals surface area (Å²) in [7, 11) is 0. The zero-order valence-electron chi connectivity index (χ0n) is 19.0. The minimum absolute atomic E-state index is 0.220. The molecule has 6 saturated carbocycles. The Morgan fingerprint density at radius 1 is 0.759 bits per heavy atom. The summed E-state index contributed by atoms with van der Waals surface area (Å²) in [5.41, 5.74) is 2.01. The zero-order valence-corrected chi connectivity index (χ0v) is 19.0. The third-order valence-electron chi connectivity index (χ3n) is 9.99. The lowest BCUT2D eigenvalue weighted by atomic mass is 9.43. The van der Waals surface area contributed by atoms with Crippen molar-refractivity contribution in [2.45, 2.75) is 84.7 Å². The molecule has 0 aliphatic heterocycles. The molecule has 6 atom stereocenters. The maximum Gasteiger partial charge on any atom is 0.0774 e. The fraction of sp³-hybridized carbons (Fsp3) is 0.913. The molecular formula is C23H40N4O2. The second-order valence-corrected chi connectivity index (χ2v) is 11.7. The molecule has 0 spiro atoms. The van der Waals surface area contributed by atoms with Crippen LogP contribution in [0.4, 0.5) is 0 Å². The van der Waals surface area contributed by atoms with Crippen molar-refractivity contribution in [2.24, 2.45) is 44.8 Å². The Hall–Kier alpha value is -1.14. The predicted octanol–water partition coefficient (Wildman–Crippen LogP) is 3.87. The molecule has 0 radical (unpaired) electrons. The molecule has 4 N–H and O–H groups in total. The highest BCUT2D eigenvalue weighted by Crippen LogP contribution is 2.62. The summed E-state index contributed by atoms with van der Waals surface area (Å²) in [5, 5.41) is 34.0. The minimum Gasteiger partial charge on any atom is -0.411 e. The van der Waals surface area contributed by atoms with Crippen molar-refractivity contribution in [3.8, 4) is 0 Å². The van der Waals surface area contributed by atoms with Gasteiger partial charge in [-0.15, -0.1) is 0 Å². The fourth-order valence-corrected chi connectivity index (χ4v) is 7.50. The SMILES string of the molecule is CC1(C)[C@@H]2C/C(=N\O)[C@@](C)(NCCCN[C@]3(C)/C(=N/O)C[C@@H]4C[C@H]3C4(C)C)[C@H]1C2. The molecule has 0 unspecified atom stereocenters. The fourth-order valence-electron chi connectivity index (χ4n) is 7.50. The van der Waals surface area contributed by atoms with Crippen LogP contribution < -0.4 is 10.6 Å². The Morgan fingerprint density at radius 2 is 1.14 bits per heavy atom. The highest BCUT2D eigenvalue weighted by atomic mass is 16.4. The smallest absolute Gasteiger partial charge is 0.0774 e. The predicted molar refractivity (Wildman–Crippen MR) is 116 cm³/mol. The van der Waals surface area contributed by atoms with E-state index < -0.39 is 0 Å². The lowest BCUT2D eigenvalue weighted by Gasteiger charge is -2.64. The Kier molecular flexibility index (Phi) is 4.86. The van der Waals surface area contributed by atoms with Crippen LogP contribution in [-0.4, -0.2) is 46.0 Å². The lowest BCUT2D eigenvalue weighted by Crippen LogP contribution is -2.71. The van der Waals surface area contributed by atoms with Gasteiger partial charge in [0, 0.05) is 0 Å². The standard InChI is InChI=1S/C23H40N4O2/c1-20(2)14-10-16(20)22(5,18(12-14)26-28)24-8-7-9-25-23(6)17-11-15(21(17,3)4)13-19(23)27-29/h14-17,24-25,28-29H,7-13H2,1-6H3/b26-18+,27-19+/t14-,15-,16-,17-,22-,23-/m0/s1. The van der Waals surface area contributed by atoms with E-state index in [9.17, 15) is 10.4 Å².